The van der Waals surface area contributed by atoms with Gasteiger partial charge in [0.05, 0.1) is 72.7 Å². The first kappa shape index (κ1) is 61.9. The standard InChI is InChI=1S/C45H76N12O18/c1-5-6-12-56-35-38(52-43(47)53-41(35)63)57(44(56)64)42-37-36(30(24-58)73-42)74-33(75-37)27-71-22-23-72-45(65)55(4)13-11-49-39(61)29(9-7-8-10-46)50-40(62)34(28(2)3)51-31(59)25-69-20-18-67-16-14-66-15-17-68-19-21-70-26-32(60)54-48/h5-6,28-30,33-34,36-37,42,58H,7-27,46,48H2,1-4H3,(H,49,61)(H,50,62)(H,51,59)(H,54,60)(H3,47,52,53,63). The molecule has 0 spiro atoms. The van der Waals surface area contributed by atoms with Gasteiger partial charge in [-0.15, -0.1) is 0 Å². The van der Waals surface area contributed by atoms with Crippen molar-refractivity contribution in [3.8, 4) is 0 Å². The van der Waals surface area contributed by atoms with Crippen LogP contribution in [-0.2, 0) is 73.1 Å². The summed E-state index contributed by atoms with van der Waals surface area (Å²) in [5.41, 5.74) is 12.2. The molecular formula is C45H76N12O18. The van der Waals surface area contributed by atoms with Crippen molar-refractivity contribution in [2.45, 2.75) is 89.5 Å². The predicted molar refractivity (Wildman–Crippen MR) is 264 cm³/mol. The van der Waals surface area contributed by atoms with Gasteiger partial charge < -0.3 is 84.8 Å². The minimum Gasteiger partial charge on any atom is -0.447 e. The summed E-state index contributed by atoms with van der Waals surface area (Å²) in [6.07, 6.45) is -0.595. The summed E-state index contributed by atoms with van der Waals surface area (Å²) in [6, 6.07) is -1.94. The van der Waals surface area contributed by atoms with Gasteiger partial charge in [0.15, 0.2) is 23.7 Å². The Morgan fingerprint density at radius 2 is 1.48 bits per heavy atom. The first-order valence-corrected chi connectivity index (χ1v) is 24.8. The molecule has 424 valence electrons. The third-order valence-electron chi connectivity index (χ3n) is 11.4. The van der Waals surface area contributed by atoms with Crippen molar-refractivity contribution in [1.82, 2.24) is 45.4 Å². The number of ether oxygens (including phenoxy) is 10. The molecule has 4 rings (SSSR count). The number of nitrogens with two attached hydrogens (primary N) is 3. The number of nitrogens with one attached hydrogen (secondary N) is 5. The number of fused-ring (bicyclic) bond motifs is 2. The van der Waals surface area contributed by atoms with Crippen LogP contribution in [0.5, 0.6) is 0 Å². The third kappa shape index (κ3) is 19.8. The molecule has 5 amide bonds. The second-order valence-corrected chi connectivity index (χ2v) is 17.4. The number of carbonyl (C=O) groups excluding carboxylic acids is 5. The molecule has 7 unspecified atom stereocenters. The second-order valence-electron chi connectivity index (χ2n) is 17.4. The number of anilines is 1. The van der Waals surface area contributed by atoms with Crippen molar-refractivity contribution in [2.75, 3.05) is 125 Å². The molecule has 2 aromatic heterocycles. The van der Waals surface area contributed by atoms with Crippen LogP contribution in [-0.4, -0.2) is 215 Å². The van der Waals surface area contributed by atoms with Gasteiger partial charge in [0.1, 0.15) is 50.2 Å². The fraction of sp³-hybridized carbons (Fsp3) is 0.733. The van der Waals surface area contributed by atoms with Crippen molar-refractivity contribution in [1.29, 1.82) is 0 Å². The number of allylic oxidation sites excluding steroid dienone is 2. The van der Waals surface area contributed by atoms with E-state index in [9.17, 15) is 38.7 Å². The molecule has 2 saturated heterocycles. The highest BCUT2D eigenvalue weighted by atomic mass is 16.8. The summed E-state index contributed by atoms with van der Waals surface area (Å²) in [5.74, 6) is 2.39. The molecule has 0 saturated carbocycles. The lowest BCUT2D eigenvalue weighted by atomic mass is 10.0. The summed E-state index contributed by atoms with van der Waals surface area (Å²) in [4.78, 5) is 97.8. The number of nitrogens with zero attached hydrogens (tertiary/aromatic N) is 4. The van der Waals surface area contributed by atoms with Gasteiger partial charge in [-0.1, -0.05) is 26.0 Å². The molecule has 7 atom stereocenters. The number of H-pyrrole nitrogens is 1. The normalized spacial score (nSPS) is 19.1. The molecule has 30 nitrogen and oxygen atoms in total. The minimum absolute atomic E-state index is 0.0189. The number of imidazole rings is 1. The van der Waals surface area contributed by atoms with Gasteiger partial charge in [0, 0.05) is 26.7 Å². The van der Waals surface area contributed by atoms with Gasteiger partial charge in [-0.05, 0) is 38.6 Å². The molecule has 30 heteroatoms. The van der Waals surface area contributed by atoms with E-state index in [2.05, 4.69) is 25.9 Å². The highest BCUT2D eigenvalue weighted by Crippen LogP contribution is 2.39. The van der Waals surface area contributed by atoms with E-state index in [4.69, 9.17) is 64.7 Å². The summed E-state index contributed by atoms with van der Waals surface area (Å²) in [5, 5.41) is 18.3. The zero-order valence-electron chi connectivity index (χ0n) is 43.0. The highest BCUT2D eigenvalue weighted by molar-refractivity contribution is 5.92. The molecule has 12 N–H and O–H groups in total. The number of carbonyl (C=O) groups is 5. The average Bonchev–Trinajstić information content (AvgIpc) is 4.04. The smallest absolute Gasteiger partial charge is 0.409 e. The van der Waals surface area contributed by atoms with Crippen molar-refractivity contribution in [3.63, 3.8) is 0 Å². The first-order valence-electron chi connectivity index (χ1n) is 24.8. The highest BCUT2D eigenvalue weighted by Gasteiger charge is 2.54. The van der Waals surface area contributed by atoms with Gasteiger partial charge in [0.25, 0.3) is 11.5 Å². The summed E-state index contributed by atoms with van der Waals surface area (Å²) in [7, 11) is 1.48. The van der Waals surface area contributed by atoms with Crippen LogP contribution in [0.1, 0.15) is 46.3 Å². The molecule has 0 aromatic carbocycles. The molecule has 0 radical (unpaired) electrons. The zero-order valence-corrected chi connectivity index (χ0v) is 43.0. The SMILES string of the molecule is CC=CCn1c(=O)n(C2OC(CO)C3OC(COCCOC(=O)N(C)CCNC(=O)C(CCCCN)NC(=O)C(NC(=O)COCCOCCOCCOCCOCC(=O)NN)C(C)C)OC32)c2nc(N)[nH]c(=O)c21. The molecular weight excluding hydrogens is 997 g/mol. The first-order chi connectivity index (χ1) is 36.1. The van der Waals surface area contributed by atoms with Crippen molar-refractivity contribution in [2.24, 2.45) is 17.5 Å². The lowest BCUT2D eigenvalue weighted by Crippen LogP contribution is -2.56. The van der Waals surface area contributed by atoms with Gasteiger partial charge in [-0.25, -0.2) is 20.0 Å². The number of hydrogen-bond donors (Lipinski definition) is 9. The van der Waals surface area contributed by atoms with Crippen LogP contribution in [0.4, 0.5) is 10.7 Å². The second kappa shape index (κ2) is 33.4. The van der Waals surface area contributed by atoms with Crippen LogP contribution in [0.25, 0.3) is 11.2 Å². The lowest BCUT2D eigenvalue weighted by molar-refractivity contribution is -0.171. The van der Waals surface area contributed by atoms with Crippen LogP contribution in [0.2, 0.25) is 0 Å². The van der Waals surface area contributed by atoms with Gasteiger partial charge in [0.2, 0.25) is 23.7 Å². The van der Waals surface area contributed by atoms with Gasteiger partial charge >= 0.3 is 11.8 Å². The predicted octanol–water partition coefficient (Wildman–Crippen LogP) is -3.93. The Hall–Kier alpha value is -5.64. The topological polar surface area (TPSA) is 400 Å². The van der Waals surface area contributed by atoms with Crippen LogP contribution in [0.15, 0.2) is 21.7 Å². The molecule has 2 aliphatic rings. The van der Waals surface area contributed by atoms with Crippen molar-refractivity contribution in [3.05, 3.63) is 33.0 Å². The van der Waals surface area contributed by atoms with E-state index in [1.54, 1.807) is 32.9 Å². The minimum atomic E-state index is -1.14. The number of amides is 5. The van der Waals surface area contributed by atoms with Gasteiger partial charge in [-0.3, -0.25) is 38.9 Å². The Morgan fingerprint density at radius 1 is 0.853 bits per heavy atom. The van der Waals surface area contributed by atoms with E-state index in [1.807, 2.05) is 5.43 Å². The lowest BCUT2D eigenvalue weighted by Gasteiger charge is -2.25. The number of rotatable bonds is 37. The molecule has 2 fully saturated rings. The number of aliphatic hydroxyl groups excluding tert-OH is 1. The number of hydrazine groups is 1. The zero-order chi connectivity index (χ0) is 54.7. The van der Waals surface area contributed by atoms with E-state index in [0.29, 0.717) is 45.8 Å². The maximum absolute atomic E-state index is 13.7. The Kier molecular flexibility index (Phi) is 27.6. The molecule has 75 heavy (non-hydrogen) atoms. The molecule has 2 aliphatic heterocycles. The van der Waals surface area contributed by atoms with E-state index < -0.39 is 90.5 Å². The largest absolute Gasteiger partial charge is 0.447 e. The monoisotopic (exact) mass is 1070 g/mol. The summed E-state index contributed by atoms with van der Waals surface area (Å²) >= 11 is 0. The average molecular weight is 1070 g/mol. The van der Waals surface area contributed by atoms with Crippen molar-refractivity contribution >= 4 is 46.8 Å². The fourth-order valence-corrected chi connectivity index (χ4v) is 7.60. The van der Waals surface area contributed by atoms with Crippen LogP contribution in [0.3, 0.4) is 0 Å². The van der Waals surface area contributed by atoms with Gasteiger partial charge in [-0.2, -0.15) is 4.98 Å². The number of aliphatic hydroxyl groups is 1. The van der Waals surface area contributed by atoms with Crippen LogP contribution < -0.4 is 49.9 Å². The van der Waals surface area contributed by atoms with Crippen LogP contribution >= 0.6 is 0 Å². The molecule has 0 aliphatic carbocycles. The Morgan fingerprint density at radius 3 is 2.09 bits per heavy atom. The van der Waals surface area contributed by atoms with E-state index in [0.717, 1.165) is 4.57 Å². The number of aromatic amines is 1. The Balaban J connectivity index is 1.12. The van der Waals surface area contributed by atoms with Crippen molar-refractivity contribution < 1.29 is 76.4 Å². The molecule has 4 heterocycles. The number of nitrogen functional groups attached to an aromatic ring is 1. The number of likely N-dealkylation sites (N-methyl/N-ethyl adjacent to an activating group) is 1. The summed E-state index contributed by atoms with van der Waals surface area (Å²) < 4.78 is 58.1. The third-order valence-corrected chi connectivity index (χ3v) is 11.4. The Bertz CT molecular complexity index is 2240. The van der Waals surface area contributed by atoms with E-state index >= 15 is 0 Å². The Labute approximate surface area is 432 Å². The molecule has 2 aromatic rings. The quantitative estimate of drug-likeness (QED) is 0.0103. The fourth-order valence-electron chi connectivity index (χ4n) is 7.60. The van der Waals surface area contributed by atoms with E-state index in [-0.39, 0.29) is 109 Å². The van der Waals surface area contributed by atoms with Crippen LogP contribution in [0, 0.1) is 5.92 Å². The number of aromatic nitrogens is 4. The summed E-state index contributed by atoms with van der Waals surface area (Å²) in [6.45, 7) is 6.65. The number of unbranched alkanes of at least 4 members (excludes halogenated alkanes) is 1. The molecule has 0 bridgehead atoms. The van der Waals surface area contributed by atoms with E-state index in [1.165, 1.54) is 16.5 Å². The maximum Gasteiger partial charge on any atom is 0.409 e. The number of hydrogen-bond acceptors (Lipinski definition) is 22. The maximum atomic E-state index is 13.7.